The highest BCUT2D eigenvalue weighted by Crippen LogP contribution is 2.12. The third-order valence-corrected chi connectivity index (χ3v) is 2.29. The average molecular weight is 301 g/mol. The second-order valence-corrected chi connectivity index (χ2v) is 4.25. The molecule has 0 heterocycles. The maximum Gasteiger partial charge on any atom is 0.405 e. The molecule has 1 aromatic carbocycles. The van der Waals surface area contributed by atoms with Gasteiger partial charge >= 0.3 is 12.1 Å². The van der Waals surface area contributed by atoms with Crippen LogP contribution in [0.1, 0.15) is 11.1 Å². The molecule has 0 fully saturated rings. The standard InChI is InChI=1S/C14H14F3NO3/c1-10-3-2-4-11(7-10)5-6-13(20)21-8-12(19)18-9-14(15,16)17/h2-7H,8-9H2,1H3,(H,18,19)/b6-5+. The fourth-order valence-electron chi connectivity index (χ4n) is 1.37. The molecular formula is C14H14F3NO3. The molecule has 0 aliphatic carbocycles. The molecule has 0 unspecified atom stereocenters. The zero-order chi connectivity index (χ0) is 15.9. The fraction of sp³-hybridized carbons (Fsp3) is 0.286. The molecule has 1 rings (SSSR count). The monoisotopic (exact) mass is 301 g/mol. The van der Waals surface area contributed by atoms with Crippen LogP contribution in [0.5, 0.6) is 0 Å². The predicted molar refractivity (Wildman–Crippen MR) is 70.2 cm³/mol. The molecule has 0 spiro atoms. The number of hydrogen-bond acceptors (Lipinski definition) is 3. The number of benzene rings is 1. The van der Waals surface area contributed by atoms with E-state index in [1.54, 1.807) is 11.4 Å². The van der Waals surface area contributed by atoms with E-state index >= 15 is 0 Å². The summed E-state index contributed by atoms with van der Waals surface area (Å²) in [5.74, 6) is -1.82. The Hall–Kier alpha value is -2.31. The second kappa shape index (κ2) is 7.47. The van der Waals surface area contributed by atoms with Gasteiger partial charge in [0.1, 0.15) is 6.54 Å². The Kier molecular flexibility index (Phi) is 5.95. The lowest BCUT2D eigenvalue weighted by Gasteiger charge is -2.07. The van der Waals surface area contributed by atoms with Crippen molar-refractivity contribution < 1.29 is 27.5 Å². The molecule has 1 amide bonds. The molecule has 0 saturated carbocycles. The SMILES string of the molecule is Cc1cccc(/C=C/C(=O)OCC(=O)NCC(F)(F)F)c1. The molecular weight excluding hydrogens is 287 g/mol. The van der Waals surface area contributed by atoms with E-state index in [0.717, 1.165) is 17.2 Å². The van der Waals surface area contributed by atoms with Gasteiger partial charge in [-0.15, -0.1) is 0 Å². The molecule has 0 aliphatic heterocycles. The summed E-state index contributed by atoms with van der Waals surface area (Å²) in [6.07, 6.45) is -1.90. The molecule has 0 bridgehead atoms. The van der Waals surface area contributed by atoms with Crippen LogP contribution < -0.4 is 5.32 Å². The van der Waals surface area contributed by atoms with Gasteiger partial charge in [0.15, 0.2) is 6.61 Å². The third kappa shape index (κ3) is 7.76. The van der Waals surface area contributed by atoms with Gasteiger partial charge in [-0.2, -0.15) is 13.2 Å². The number of aryl methyl sites for hydroxylation is 1. The first-order valence-electron chi connectivity index (χ1n) is 6.01. The lowest BCUT2D eigenvalue weighted by atomic mass is 10.1. The highest BCUT2D eigenvalue weighted by molar-refractivity contribution is 5.89. The molecule has 0 atom stereocenters. The van der Waals surface area contributed by atoms with Gasteiger partial charge in [-0.25, -0.2) is 4.79 Å². The summed E-state index contributed by atoms with van der Waals surface area (Å²) in [7, 11) is 0. The van der Waals surface area contributed by atoms with Crippen molar-refractivity contribution in [3.8, 4) is 0 Å². The molecule has 21 heavy (non-hydrogen) atoms. The lowest BCUT2D eigenvalue weighted by molar-refractivity contribution is -0.148. The summed E-state index contributed by atoms with van der Waals surface area (Å²) in [4.78, 5) is 22.3. The average Bonchev–Trinajstić information content (AvgIpc) is 2.40. The Morgan fingerprint density at radius 2 is 2.05 bits per heavy atom. The Morgan fingerprint density at radius 3 is 2.67 bits per heavy atom. The number of alkyl halides is 3. The van der Waals surface area contributed by atoms with Crippen LogP contribution in [0.3, 0.4) is 0 Å². The normalized spacial score (nSPS) is 11.4. The highest BCUT2D eigenvalue weighted by atomic mass is 19.4. The van der Waals surface area contributed by atoms with Gasteiger partial charge in [-0.3, -0.25) is 4.79 Å². The molecule has 1 aromatic rings. The Labute approximate surface area is 119 Å². The van der Waals surface area contributed by atoms with Crippen LogP contribution in [-0.4, -0.2) is 31.2 Å². The third-order valence-electron chi connectivity index (χ3n) is 2.29. The minimum atomic E-state index is -4.50. The van der Waals surface area contributed by atoms with Gasteiger partial charge in [0.05, 0.1) is 0 Å². The molecule has 1 N–H and O–H groups in total. The first-order chi connectivity index (χ1) is 9.76. The quantitative estimate of drug-likeness (QED) is 0.670. The summed E-state index contributed by atoms with van der Waals surface area (Å²) in [6, 6.07) is 7.30. The summed E-state index contributed by atoms with van der Waals surface area (Å²) < 4.78 is 40.0. The van der Waals surface area contributed by atoms with Gasteiger partial charge in [0.25, 0.3) is 5.91 Å². The van der Waals surface area contributed by atoms with Crippen LogP contribution in [-0.2, 0) is 14.3 Å². The number of ether oxygens (including phenoxy) is 1. The Balaban J connectivity index is 2.36. The van der Waals surface area contributed by atoms with Gasteiger partial charge in [0.2, 0.25) is 0 Å². The van der Waals surface area contributed by atoms with E-state index in [4.69, 9.17) is 0 Å². The van der Waals surface area contributed by atoms with Crippen molar-refractivity contribution in [1.82, 2.24) is 5.32 Å². The van der Waals surface area contributed by atoms with Crippen molar-refractivity contribution in [3.05, 3.63) is 41.5 Å². The smallest absolute Gasteiger partial charge is 0.405 e. The van der Waals surface area contributed by atoms with Gasteiger partial charge < -0.3 is 10.1 Å². The van der Waals surface area contributed by atoms with Crippen molar-refractivity contribution in [3.63, 3.8) is 0 Å². The maximum atomic E-state index is 11.8. The largest absolute Gasteiger partial charge is 0.452 e. The summed E-state index contributed by atoms with van der Waals surface area (Å²) >= 11 is 0. The van der Waals surface area contributed by atoms with Crippen molar-refractivity contribution in [2.45, 2.75) is 13.1 Å². The number of amides is 1. The van der Waals surface area contributed by atoms with E-state index in [2.05, 4.69) is 4.74 Å². The topological polar surface area (TPSA) is 55.4 Å². The van der Waals surface area contributed by atoms with Gasteiger partial charge in [0, 0.05) is 6.08 Å². The maximum absolute atomic E-state index is 11.8. The number of halogens is 3. The van der Waals surface area contributed by atoms with E-state index in [1.165, 1.54) is 6.08 Å². The lowest BCUT2D eigenvalue weighted by Crippen LogP contribution is -2.36. The number of rotatable bonds is 5. The zero-order valence-electron chi connectivity index (χ0n) is 11.2. The first kappa shape index (κ1) is 16.7. The molecule has 0 aliphatic rings. The van der Waals surface area contributed by atoms with E-state index < -0.39 is 31.2 Å². The van der Waals surface area contributed by atoms with Gasteiger partial charge in [-0.05, 0) is 18.6 Å². The van der Waals surface area contributed by atoms with Crippen molar-refractivity contribution in [1.29, 1.82) is 0 Å². The number of carbonyl (C=O) groups excluding carboxylic acids is 2. The van der Waals surface area contributed by atoms with Crippen molar-refractivity contribution >= 4 is 18.0 Å². The number of esters is 1. The molecule has 0 saturated heterocycles. The summed E-state index contributed by atoms with van der Waals surface area (Å²) in [5, 5.41) is 1.59. The minimum absolute atomic E-state index is 0.757. The fourth-order valence-corrected chi connectivity index (χ4v) is 1.37. The highest BCUT2D eigenvalue weighted by Gasteiger charge is 2.27. The minimum Gasteiger partial charge on any atom is -0.452 e. The molecule has 0 radical (unpaired) electrons. The molecule has 114 valence electrons. The number of nitrogens with one attached hydrogen (secondary N) is 1. The van der Waals surface area contributed by atoms with Crippen LogP contribution in [0.25, 0.3) is 6.08 Å². The molecule has 4 nitrogen and oxygen atoms in total. The van der Waals surface area contributed by atoms with Crippen LogP contribution >= 0.6 is 0 Å². The van der Waals surface area contributed by atoms with E-state index in [0.29, 0.717) is 0 Å². The van der Waals surface area contributed by atoms with Crippen LogP contribution in [0, 0.1) is 6.92 Å². The van der Waals surface area contributed by atoms with Crippen molar-refractivity contribution in [2.24, 2.45) is 0 Å². The predicted octanol–water partition coefficient (Wildman–Crippen LogP) is 2.23. The Morgan fingerprint density at radius 1 is 1.33 bits per heavy atom. The first-order valence-corrected chi connectivity index (χ1v) is 6.01. The van der Waals surface area contributed by atoms with E-state index in [-0.39, 0.29) is 0 Å². The van der Waals surface area contributed by atoms with E-state index in [1.807, 2.05) is 25.1 Å². The van der Waals surface area contributed by atoms with E-state index in [9.17, 15) is 22.8 Å². The van der Waals surface area contributed by atoms with Crippen molar-refractivity contribution in [2.75, 3.05) is 13.2 Å². The summed E-state index contributed by atoms with van der Waals surface area (Å²) in [6.45, 7) is -0.323. The molecule has 0 aromatic heterocycles. The van der Waals surface area contributed by atoms with Crippen LogP contribution in [0.2, 0.25) is 0 Å². The number of hydrogen-bond donors (Lipinski definition) is 1. The molecule has 7 heteroatoms. The zero-order valence-corrected chi connectivity index (χ0v) is 11.2. The second-order valence-electron chi connectivity index (χ2n) is 4.25. The Bertz CT molecular complexity index is 539. The van der Waals surface area contributed by atoms with Crippen LogP contribution in [0.4, 0.5) is 13.2 Å². The summed E-state index contributed by atoms with van der Waals surface area (Å²) in [5.41, 5.74) is 1.78. The van der Waals surface area contributed by atoms with Crippen LogP contribution in [0.15, 0.2) is 30.3 Å². The van der Waals surface area contributed by atoms with Gasteiger partial charge in [-0.1, -0.05) is 29.8 Å². The number of carbonyl (C=O) groups is 2.